The molecular formula is C24H22F3NO3. The number of ether oxygens (including phenoxy) is 1. The monoisotopic (exact) mass is 429 g/mol. The number of nitrogens with zero attached hydrogens (tertiary/aromatic N) is 1. The van der Waals surface area contributed by atoms with E-state index >= 15 is 0 Å². The van der Waals surface area contributed by atoms with Gasteiger partial charge in [0, 0.05) is 30.1 Å². The zero-order valence-electron chi connectivity index (χ0n) is 16.8. The Morgan fingerprint density at radius 1 is 1.03 bits per heavy atom. The predicted octanol–water partition coefficient (Wildman–Crippen LogP) is 5.50. The summed E-state index contributed by atoms with van der Waals surface area (Å²) in [5.41, 5.74) is 0.186. The molecule has 1 atom stereocenters. The maximum atomic E-state index is 13.1. The Morgan fingerprint density at radius 3 is 2.42 bits per heavy atom. The van der Waals surface area contributed by atoms with Crippen LogP contribution in [0.4, 0.5) is 13.2 Å². The standard InChI is InChI=1S/C24H22F3NO3/c25-24(26,27)21-9-8-18-12-28(13-19(18)10-21)23(30)20(11-22(29)17-6-7-17)15-31-14-16-4-2-1-3-5-16/h1-5,8-10,12-13,17,20H,6-7,11,14-15H2. The van der Waals surface area contributed by atoms with Gasteiger partial charge in [0.25, 0.3) is 0 Å². The van der Waals surface area contributed by atoms with Crippen LogP contribution in [-0.4, -0.2) is 22.9 Å². The van der Waals surface area contributed by atoms with Crippen LogP contribution >= 0.6 is 0 Å². The van der Waals surface area contributed by atoms with Gasteiger partial charge in [-0.15, -0.1) is 0 Å². The van der Waals surface area contributed by atoms with Crippen molar-refractivity contribution in [1.82, 2.24) is 4.57 Å². The second-order valence-electron chi connectivity index (χ2n) is 7.99. The fourth-order valence-electron chi connectivity index (χ4n) is 3.58. The van der Waals surface area contributed by atoms with Crippen LogP contribution in [0.15, 0.2) is 60.9 Å². The Bertz CT molecular complexity index is 1080. The number of benzene rings is 2. The summed E-state index contributed by atoms with van der Waals surface area (Å²) >= 11 is 0. The molecule has 1 saturated carbocycles. The van der Waals surface area contributed by atoms with E-state index in [2.05, 4.69) is 0 Å². The minimum absolute atomic E-state index is 0.0162. The smallest absolute Gasteiger partial charge is 0.376 e. The fraction of sp³-hybridized carbons (Fsp3) is 0.333. The summed E-state index contributed by atoms with van der Waals surface area (Å²) in [6.45, 7) is 0.374. The van der Waals surface area contributed by atoms with E-state index in [1.807, 2.05) is 30.3 Å². The maximum Gasteiger partial charge on any atom is 0.416 e. The van der Waals surface area contributed by atoms with Crippen LogP contribution in [0.25, 0.3) is 10.8 Å². The van der Waals surface area contributed by atoms with Crippen molar-refractivity contribution in [3.63, 3.8) is 0 Å². The van der Waals surface area contributed by atoms with E-state index in [1.165, 1.54) is 23.0 Å². The van der Waals surface area contributed by atoms with Gasteiger partial charge in [0.15, 0.2) is 0 Å². The van der Waals surface area contributed by atoms with Gasteiger partial charge in [0.2, 0.25) is 5.91 Å². The first-order chi connectivity index (χ1) is 14.8. The van der Waals surface area contributed by atoms with E-state index in [4.69, 9.17) is 4.74 Å². The van der Waals surface area contributed by atoms with E-state index in [9.17, 15) is 22.8 Å². The summed E-state index contributed by atoms with van der Waals surface area (Å²) < 4.78 is 46.0. The summed E-state index contributed by atoms with van der Waals surface area (Å²) in [5.74, 6) is -0.993. The number of carbonyl (C=O) groups is 2. The Labute approximate surface area is 177 Å². The Hall–Kier alpha value is -2.93. The number of rotatable bonds is 8. The predicted molar refractivity (Wildman–Crippen MR) is 110 cm³/mol. The zero-order valence-corrected chi connectivity index (χ0v) is 16.8. The van der Waals surface area contributed by atoms with Crippen molar-refractivity contribution in [2.45, 2.75) is 32.0 Å². The van der Waals surface area contributed by atoms with E-state index in [1.54, 1.807) is 0 Å². The molecule has 1 aliphatic rings. The van der Waals surface area contributed by atoms with Gasteiger partial charge in [-0.2, -0.15) is 13.2 Å². The molecule has 162 valence electrons. The average Bonchev–Trinajstić information content (AvgIpc) is 3.51. The van der Waals surface area contributed by atoms with Crippen LogP contribution in [-0.2, 0) is 22.3 Å². The molecule has 1 fully saturated rings. The molecule has 1 aromatic heterocycles. The average molecular weight is 429 g/mol. The van der Waals surface area contributed by atoms with Crippen molar-refractivity contribution in [2.75, 3.05) is 6.61 Å². The molecule has 1 heterocycles. The lowest BCUT2D eigenvalue weighted by molar-refractivity contribution is -0.137. The van der Waals surface area contributed by atoms with E-state index in [0.717, 1.165) is 30.5 Å². The molecule has 0 spiro atoms. The third-order valence-electron chi connectivity index (χ3n) is 5.49. The quantitative estimate of drug-likeness (QED) is 0.475. The Morgan fingerprint density at radius 2 is 1.74 bits per heavy atom. The summed E-state index contributed by atoms with van der Waals surface area (Å²) in [5, 5.41) is 0.847. The van der Waals surface area contributed by atoms with Gasteiger partial charge in [-0.3, -0.25) is 14.2 Å². The van der Waals surface area contributed by atoms with Crippen molar-refractivity contribution in [1.29, 1.82) is 0 Å². The summed E-state index contributed by atoms with van der Waals surface area (Å²) in [4.78, 5) is 25.5. The highest BCUT2D eigenvalue weighted by Gasteiger charge is 2.34. The highest BCUT2D eigenvalue weighted by molar-refractivity contribution is 5.93. The van der Waals surface area contributed by atoms with Gasteiger partial charge in [-0.25, -0.2) is 0 Å². The first kappa shape index (κ1) is 21.3. The number of hydrogen-bond acceptors (Lipinski definition) is 3. The van der Waals surface area contributed by atoms with E-state index in [0.29, 0.717) is 17.4 Å². The highest BCUT2D eigenvalue weighted by atomic mass is 19.4. The molecule has 0 aliphatic heterocycles. The van der Waals surface area contributed by atoms with Gasteiger partial charge in [0.1, 0.15) is 5.78 Å². The van der Waals surface area contributed by atoms with Gasteiger partial charge >= 0.3 is 6.18 Å². The molecule has 1 aliphatic carbocycles. The SMILES string of the molecule is O=C(CC(COCc1ccccc1)C(=O)n1cc2ccc(C(F)(F)F)cc2c1)C1CC1. The van der Waals surface area contributed by atoms with Crippen LogP contribution in [0.1, 0.15) is 35.2 Å². The minimum Gasteiger partial charge on any atom is -0.376 e. The van der Waals surface area contributed by atoms with Crippen LogP contribution < -0.4 is 0 Å². The molecule has 7 heteroatoms. The first-order valence-electron chi connectivity index (χ1n) is 10.2. The number of carbonyl (C=O) groups excluding carboxylic acids is 2. The van der Waals surface area contributed by atoms with Crippen LogP contribution in [0, 0.1) is 11.8 Å². The molecule has 3 aromatic rings. The van der Waals surface area contributed by atoms with E-state index in [-0.39, 0.29) is 30.6 Å². The second-order valence-corrected chi connectivity index (χ2v) is 7.99. The van der Waals surface area contributed by atoms with Crippen LogP contribution in [0.5, 0.6) is 0 Å². The lowest BCUT2D eigenvalue weighted by atomic mass is 10.00. The van der Waals surface area contributed by atoms with E-state index < -0.39 is 17.7 Å². The molecule has 0 bridgehead atoms. The number of ketones is 1. The van der Waals surface area contributed by atoms with Gasteiger partial charge in [0.05, 0.1) is 24.7 Å². The zero-order chi connectivity index (χ0) is 22.0. The number of hydrogen-bond donors (Lipinski definition) is 0. The third-order valence-corrected chi connectivity index (χ3v) is 5.49. The van der Waals surface area contributed by atoms with Crippen molar-refractivity contribution in [2.24, 2.45) is 11.8 Å². The topological polar surface area (TPSA) is 48.3 Å². The van der Waals surface area contributed by atoms with Crippen LogP contribution in [0.2, 0.25) is 0 Å². The maximum absolute atomic E-state index is 13.1. The number of aromatic nitrogens is 1. The van der Waals surface area contributed by atoms with Gasteiger partial charge in [-0.1, -0.05) is 36.4 Å². The van der Waals surface area contributed by atoms with Crippen molar-refractivity contribution < 1.29 is 27.5 Å². The molecule has 0 radical (unpaired) electrons. The summed E-state index contributed by atoms with van der Waals surface area (Å²) in [6, 6.07) is 12.8. The molecule has 1 unspecified atom stereocenters. The summed E-state index contributed by atoms with van der Waals surface area (Å²) in [6.07, 6.45) is 0.199. The molecule has 31 heavy (non-hydrogen) atoms. The van der Waals surface area contributed by atoms with Crippen molar-refractivity contribution in [3.8, 4) is 0 Å². The molecule has 0 amide bonds. The van der Waals surface area contributed by atoms with Crippen molar-refractivity contribution in [3.05, 3.63) is 72.1 Å². The fourth-order valence-corrected chi connectivity index (χ4v) is 3.58. The number of fused-ring (bicyclic) bond motifs is 1. The Balaban J connectivity index is 1.51. The lowest BCUT2D eigenvalue weighted by Crippen LogP contribution is -2.28. The van der Waals surface area contributed by atoms with Crippen LogP contribution in [0.3, 0.4) is 0 Å². The largest absolute Gasteiger partial charge is 0.416 e. The molecular weight excluding hydrogens is 407 g/mol. The number of Topliss-reactive ketones (excluding diaryl/α,β-unsaturated/α-hetero) is 1. The van der Waals surface area contributed by atoms with Crippen molar-refractivity contribution >= 4 is 22.5 Å². The molecule has 0 N–H and O–H groups in total. The third kappa shape index (κ3) is 5.22. The minimum atomic E-state index is -4.45. The van der Waals surface area contributed by atoms with Gasteiger partial charge in [-0.05, 0) is 35.9 Å². The summed E-state index contributed by atoms with van der Waals surface area (Å²) in [7, 11) is 0. The normalized spacial score (nSPS) is 15.2. The first-order valence-corrected chi connectivity index (χ1v) is 10.2. The second kappa shape index (κ2) is 8.67. The molecule has 0 saturated heterocycles. The highest BCUT2D eigenvalue weighted by Crippen LogP contribution is 2.33. The lowest BCUT2D eigenvalue weighted by Gasteiger charge is -2.16. The Kier molecular flexibility index (Phi) is 5.96. The molecule has 4 nitrogen and oxygen atoms in total. The van der Waals surface area contributed by atoms with Gasteiger partial charge < -0.3 is 4.74 Å². The molecule has 4 rings (SSSR count). The number of halogens is 3. The number of alkyl halides is 3. The molecule has 2 aromatic carbocycles.